The number of hydrogen-bond acceptors (Lipinski definition) is 4. The molecule has 0 spiro atoms. The molecule has 2 rings (SSSR count). The SMILES string of the molecule is CSCC[C@H](N)C(=O)NCc1ccc(CN2CCCCCC2)cc1. The molecule has 1 heterocycles. The van der Waals surface area contributed by atoms with E-state index in [9.17, 15) is 4.79 Å². The quantitative estimate of drug-likeness (QED) is 0.758. The first kappa shape index (κ1) is 19.3. The van der Waals surface area contributed by atoms with E-state index in [1.165, 1.54) is 44.3 Å². The summed E-state index contributed by atoms with van der Waals surface area (Å²) in [6.45, 7) is 4.01. The van der Waals surface area contributed by atoms with Crippen molar-refractivity contribution >= 4 is 17.7 Å². The molecule has 5 heteroatoms. The van der Waals surface area contributed by atoms with Gasteiger partial charge in [-0.15, -0.1) is 0 Å². The molecule has 0 bridgehead atoms. The molecule has 1 fully saturated rings. The Hall–Kier alpha value is -1.04. The van der Waals surface area contributed by atoms with Gasteiger partial charge in [-0.3, -0.25) is 9.69 Å². The zero-order valence-electron chi connectivity index (χ0n) is 14.8. The second-order valence-corrected chi connectivity index (χ2v) is 7.60. The van der Waals surface area contributed by atoms with Gasteiger partial charge in [-0.2, -0.15) is 11.8 Å². The molecule has 0 aliphatic carbocycles. The fraction of sp³-hybridized carbons (Fsp3) is 0.632. The Bertz CT molecular complexity index is 484. The largest absolute Gasteiger partial charge is 0.351 e. The van der Waals surface area contributed by atoms with Gasteiger partial charge in [0.1, 0.15) is 0 Å². The Labute approximate surface area is 150 Å². The molecular formula is C19H31N3OS. The lowest BCUT2D eigenvalue weighted by Crippen LogP contribution is -2.40. The van der Waals surface area contributed by atoms with Crippen LogP contribution in [0.25, 0.3) is 0 Å². The normalized spacial score (nSPS) is 17.2. The van der Waals surface area contributed by atoms with Crippen molar-refractivity contribution in [3.63, 3.8) is 0 Å². The first-order chi connectivity index (χ1) is 11.7. The molecule has 1 aromatic carbocycles. The molecule has 1 aliphatic rings. The van der Waals surface area contributed by atoms with Crippen LogP contribution >= 0.6 is 11.8 Å². The number of nitrogens with two attached hydrogens (primary N) is 1. The molecule has 1 atom stereocenters. The molecule has 1 aliphatic heterocycles. The monoisotopic (exact) mass is 349 g/mol. The Morgan fingerprint density at radius 1 is 1.17 bits per heavy atom. The number of nitrogens with one attached hydrogen (secondary N) is 1. The third-order valence-electron chi connectivity index (χ3n) is 4.56. The first-order valence-corrected chi connectivity index (χ1v) is 10.4. The Morgan fingerprint density at radius 2 is 1.79 bits per heavy atom. The molecule has 0 unspecified atom stereocenters. The Balaban J connectivity index is 1.76. The van der Waals surface area contributed by atoms with Gasteiger partial charge in [0.15, 0.2) is 0 Å². The van der Waals surface area contributed by atoms with Crippen molar-refractivity contribution in [1.82, 2.24) is 10.2 Å². The molecule has 1 saturated heterocycles. The molecule has 134 valence electrons. The number of thioether (sulfide) groups is 1. The summed E-state index contributed by atoms with van der Waals surface area (Å²) in [7, 11) is 0. The second kappa shape index (κ2) is 10.7. The van der Waals surface area contributed by atoms with Crippen molar-refractivity contribution < 1.29 is 4.79 Å². The van der Waals surface area contributed by atoms with E-state index in [1.807, 2.05) is 6.26 Å². The molecule has 3 N–H and O–H groups in total. The van der Waals surface area contributed by atoms with Crippen LogP contribution in [0.3, 0.4) is 0 Å². The van der Waals surface area contributed by atoms with Gasteiger partial charge in [0.05, 0.1) is 6.04 Å². The number of amides is 1. The van der Waals surface area contributed by atoms with Crippen LogP contribution in [0.5, 0.6) is 0 Å². The van der Waals surface area contributed by atoms with Crippen molar-refractivity contribution in [2.24, 2.45) is 5.73 Å². The van der Waals surface area contributed by atoms with E-state index in [4.69, 9.17) is 5.73 Å². The van der Waals surface area contributed by atoms with Crippen molar-refractivity contribution in [1.29, 1.82) is 0 Å². The summed E-state index contributed by atoms with van der Waals surface area (Å²) in [5.74, 6) is 0.859. The standard InChI is InChI=1S/C19H31N3OS/c1-24-13-10-18(20)19(23)21-14-16-6-8-17(9-7-16)15-22-11-4-2-3-5-12-22/h6-9,18H,2-5,10-15,20H2,1H3,(H,21,23)/t18-/m0/s1. The van der Waals surface area contributed by atoms with Crippen LogP contribution in [0.4, 0.5) is 0 Å². The van der Waals surface area contributed by atoms with E-state index in [0.29, 0.717) is 6.54 Å². The van der Waals surface area contributed by atoms with E-state index in [-0.39, 0.29) is 5.91 Å². The number of hydrogen-bond donors (Lipinski definition) is 2. The lowest BCUT2D eigenvalue weighted by Gasteiger charge is -2.19. The van der Waals surface area contributed by atoms with Gasteiger partial charge >= 0.3 is 0 Å². The molecular weight excluding hydrogens is 318 g/mol. The van der Waals surface area contributed by atoms with Crippen LogP contribution < -0.4 is 11.1 Å². The Kier molecular flexibility index (Phi) is 8.64. The molecule has 1 amide bonds. The minimum absolute atomic E-state index is 0.0577. The maximum atomic E-state index is 11.9. The highest BCUT2D eigenvalue weighted by molar-refractivity contribution is 7.98. The van der Waals surface area contributed by atoms with Gasteiger partial charge < -0.3 is 11.1 Å². The van der Waals surface area contributed by atoms with Crippen molar-refractivity contribution in [3.8, 4) is 0 Å². The number of likely N-dealkylation sites (tertiary alicyclic amines) is 1. The molecule has 0 saturated carbocycles. The van der Waals surface area contributed by atoms with E-state index in [1.54, 1.807) is 11.8 Å². The summed E-state index contributed by atoms with van der Waals surface area (Å²) in [5, 5.41) is 2.93. The number of carbonyl (C=O) groups excluding carboxylic acids is 1. The second-order valence-electron chi connectivity index (χ2n) is 6.61. The summed E-state index contributed by atoms with van der Waals surface area (Å²) in [6, 6.07) is 8.18. The molecule has 24 heavy (non-hydrogen) atoms. The molecule has 4 nitrogen and oxygen atoms in total. The maximum Gasteiger partial charge on any atom is 0.237 e. The van der Waals surface area contributed by atoms with Crippen LogP contribution in [0.15, 0.2) is 24.3 Å². The van der Waals surface area contributed by atoms with Crippen LogP contribution in [0, 0.1) is 0 Å². The zero-order chi connectivity index (χ0) is 17.2. The minimum atomic E-state index is -0.403. The van der Waals surface area contributed by atoms with Crippen LogP contribution in [0.2, 0.25) is 0 Å². The molecule has 1 aromatic rings. The smallest absolute Gasteiger partial charge is 0.237 e. The fourth-order valence-corrected chi connectivity index (χ4v) is 3.50. The number of rotatable bonds is 8. The van der Waals surface area contributed by atoms with Gasteiger partial charge in [0.2, 0.25) is 5.91 Å². The van der Waals surface area contributed by atoms with E-state index in [2.05, 4.69) is 34.5 Å². The fourth-order valence-electron chi connectivity index (χ4n) is 3.01. The lowest BCUT2D eigenvalue weighted by atomic mass is 10.1. The highest BCUT2D eigenvalue weighted by atomic mass is 32.2. The topological polar surface area (TPSA) is 58.4 Å². The lowest BCUT2D eigenvalue weighted by molar-refractivity contribution is -0.122. The predicted octanol–water partition coefficient (Wildman–Crippen LogP) is 2.76. The third kappa shape index (κ3) is 6.83. The van der Waals surface area contributed by atoms with Gasteiger partial charge in [-0.25, -0.2) is 0 Å². The first-order valence-electron chi connectivity index (χ1n) is 9.01. The summed E-state index contributed by atoms with van der Waals surface area (Å²) >= 11 is 1.71. The Morgan fingerprint density at radius 3 is 2.42 bits per heavy atom. The maximum absolute atomic E-state index is 11.9. The average Bonchev–Trinajstić information content (AvgIpc) is 2.87. The van der Waals surface area contributed by atoms with Crippen LogP contribution in [0.1, 0.15) is 43.2 Å². The zero-order valence-corrected chi connectivity index (χ0v) is 15.6. The van der Waals surface area contributed by atoms with E-state index >= 15 is 0 Å². The van der Waals surface area contributed by atoms with Crippen LogP contribution in [-0.4, -0.2) is 41.9 Å². The van der Waals surface area contributed by atoms with Gasteiger partial charge in [-0.1, -0.05) is 37.1 Å². The number of nitrogens with zero attached hydrogens (tertiary/aromatic N) is 1. The highest BCUT2D eigenvalue weighted by Crippen LogP contribution is 2.14. The van der Waals surface area contributed by atoms with Crippen LogP contribution in [-0.2, 0) is 17.9 Å². The number of carbonyl (C=O) groups is 1. The minimum Gasteiger partial charge on any atom is -0.351 e. The summed E-state index contributed by atoms with van der Waals surface area (Å²) in [6.07, 6.45) is 8.13. The molecule has 0 radical (unpaired) electrons. The average molecular weight is 350 g/mol. The highest BCUT2D eigenvalue weighted by Gasteiger charge is 2.12. The van der Waals surface area contributed by atoms with Crippen molar-refractivity contribution in [2.75, 3.05) is 25.1 Å². The van der Waals surface area contributed by atoms with E-state index in [0.717, 1.165) is 24.3 Å². The molecule has 0 aromatic heterocycles. The summed E-state index contributed by atoms with van der Waals surface area (Å²) in [4.78, 5) is 14.5. The van der Waals surface area contributed by atoms with Gasteiger partial charge in [-0.05, 0) is 55.5 Å². The summed E-state index contributed by atoms with van der Waals surface area (Å²) in [5.41, 5.74) is 8.35. The van der Waals surface area contributed by atoms with Gasteiger partial charge in [0.25, 0.3) is 0 Å². The van der Waals surface area contributed by atoms with Crippen molar-refractivity contribution in [3.05, 3.63) is 35.4 Å². The third-order valence-corrected chi connectivity index (χ3v) is 5.21. The summed E-state index contributed by atoms with van der Waals surface area (Å²) < 4.78 is 0. The van der Waals surface area contributed by atoms with Crippen molar-refractivity contribution in [2.45, 2.75) is 51.2 Å². The number of benzene rings is 1. The van der Waals surface area contributed by atoms with E-state index < -0.39 is 6.04 Å². The van der Waals surface area contributed by atoms with Gasteiger partial charge in [0, 0.05) is 13.1 Å². The predicted molar refractivity (Wildman–Crippen MR) is 103 cm³/mol.